The summed E-state index contributed by atoms with van der Waals surface area (Å²) in [6.07, 6.45) is 4.90. The normalized spacial score (nSPS) is 28.3. The Morgan fingerprint density at radius 2 is 1.54 bits per heavy atom. The summed E-state index contributed by atoms with van der Waals surface area (Å²) in [5, 5.41) is 20.4. The summed E-state index contributed by atoms with van der Waals surface area (Å²) in [5.74, 6) is 1.64. The van der Waals surface area contributed by atoms with E-state index in [4.69, 9.17) is 0 Å². The van der Waals surface area contributed by atoms with Crippen LogP contribution in [0.1, 0.15) is 30.4 Å². The molecule has 1 saturated carbocycles. The second-order valence-electron chi connectivity index (χ2n) is 8.34. The summed E-state index contributed by atoms with van der Waals surface area (Å²) in [5.41, 5.74) is 2.04. The van der Waals surface area contributed by atoms with Crippen molar-refractivity contribution in [2.75, 3.05) is 19.6 Å². The Hall–Kier alpha value is -1.84. The molecule has 3 heteroatoms. The van der Waals surface area contributed by atoms with E-state index in [0.29, 0.717) is 17.6 Å². The smallest absolute Gasteiger partial charge is 0.115 e. The van der Waals surface area contributed by atoms with Gasteiger partial charge < -0.3 is 15.1 Å². The van der Waals surface area contributed by atoms with E-state index in [1.165, 1.54) is 11.1 Å². The van der Waals surface area contributed by atoms with Gasteiger partial charge in [-0.05, 0) is 67.3 Å². The predicted octanol–water partition coefficient (Wildman–Crippen LogP) is 3.64. The first kappa shape index (κ1) is 17.6. The van der Waals surface area contributed by atoms with Crippen molar-refractivity contribution in [2.24, 2.45) is 11.8 Å². The van der Waals surface area contributed by atoms with Crippen LogP contribution in [0.2, 0.25) is 0 Å². The fourth-order valence-corrected chi connectivity index (χ4v) is 5.03. The van der Waals surface area contributed by atoms with Crippen LogP contribution in [-0.4, -0.2) is 40.3 Å². The van der Waals surface area contributed by atoms with Crippen LogP contribution >= 0.6 is 0 Å². The molecule has 0 spiro atoms. The molecule has 2 aliphatic rings. The maximum Gasteiger partial charge on any atom is 0.115 e. The summed E-state index contributed by atoms with van der Waals surface area (Å²) >= 11 is 0. The number of aliphatic hydroxyl groups is 1. The second kappa shape index (κ2) is 7.42. The van der Waals surface area contributed by atoms with Crippen molar-refractivity contribution in [3.63, 3.8) is 0 Å². The van der Waals surface area contributed by atoms with E-state index in [-0.39, 0.29) is 0 Å². The molecule has 4 rings (SSSR count). The predicted molar refractivity (Wildman–Crippen MR) is 104 cm³/mol. The average molecular weight is 351 g/mol. The van der Waals surface area contributed by atoms with Gasteiger partial charge >= 0.3 is 0 Å². The van der Waals surface area contributed by atoms with E-state index in [1.807, 2.05) is 18.2 Å². The highest BCUT2D eigenvalue weighted by atomic mass is 16.3. The van der Waals surface area contributed by atoms with Crippen molar-refractivity contribution in [1.82, 2.24) is 4.90 Å². The minimum absolute atomic E-state index is 0.337. The summed E-state index contributed by atoms with van der Waals surface area (Å²) in [6, 6.07) is 18.0. The molecule has 1 saturated heterocycles. The molecule has 2 unspecified atom stereocenters. The Balaban J connectivity index is 1.24. The van der Waals surface area contributed by atoms with E-state index < -0.39 is 5.60 Å². The van der Waals surface area contributed by atoms with E-state index >= 15 is 0 Å². The Labute approximate surface area is 156 Å². The van der Waals surface area contributed by atoms with Crippen LogP contribution in [0, 0.1) is 11.8 Å². The Bertz CT molecular complexity index is 699. The van der Waals surface area contributed by atoms with Gasteiger partial charge in [-0.25, -0.2) is 0 Å². The highest BCUT2D eigenvalue weighted by molar-refractivity contribution is 5.26. The zero-order valence-electron chi connectivity index (χ0n) is 15.3. The molecule has 2 fully saturated rings. The maximum absolute atomic E-state index is 11.0. The highest BCUT2D eigenvalue weighted by Gasteiger charge is 2.47. The zero-order chi connectivity index (χ0) is 18.0. The lowest BCUT2D eigenvalue weighted by Crippen LogP contribution is -2.32. The number of benzene rings is 2. The number of phenolic OH excluding ortho intramolecular Hbond substituents is 1. The summed E-state index contributed by atoms with van der Waals surface area (Å²) < 4.78 is 0. The third-order valence-electron chi connectivity index (χ3n) is 6.19. The third-order valence-corrected chi connectivity index (χ3v) is 6.19. The quantitative estimate of drug-likeness (QED) is 0.835. The van der Waals surface area contributed by atoms with Crippen molar-refractivity contribution in [3.8, 4) is 5.75 Å². The molecule has 2 N–H and O–H groups in total. The number of phenols is 1. The fraction of sp³-hybridized carbons (Fsp3) is 0.478. The van der Waals surface area contributed by atoms with Crippen LogP contribution in [0.4, 0.5) is 0 Å². The van der Waals surface area contributed by atoms with E-state index in [0.717, 1.165) is 51.7 Å². The lowest BCUT2D eigenvalue weighted by molar-refractivity contribution is 0.0354. The first-order valence-corrected chi connectivity index (χ1v) is 9.86. The van der Waals surface area contributed by atoms with Gasteiger partial charge in [-0.1, -0.05) is 42.5 Å². The lowest BCUT2D eigenvalue weighted by atomic mass is 9.91. The monoisotopic (exact) mass is 351 g/mol. The first-order valence-electron chi connectivity index (χ1n) is 9.86. The molecule has 1 heterocycles. The van der Waals surface area contributed by atoms with Crippen molar-refractivity contribution in [1.29, 1.82) is 0 Å². The van der Waals surface area contributed by atoms with Gasteiger partial charge in [-0.3, -0.25) is 0 Å². The summed E-state index contributed by atoms with van der Waals surface area (Å²) in [7, 11) is 0. The number of likely N-dealkylation sites (tertiary alicyclic amines) is 1. The van der Waals surface area contributed by atoms with Gasteiger partial charge in [0.25, 0.3) is 0 Å². The van der Waals surface area contributed by atoms with E-state index in [1.54, 1.807) is 12.1 Å². The fourth-order valence-electron chi connectivity index (χ4n) is 5.03. The summed E-state index contributed by atoms with van der Waals surface area (Å²) in [6.45, 7) is 3.40. The second-order valence-corrected chi connectivity index (χ2v) is 8.34. The Morgan fingerprint density at radius 1 is 0.885 bits per heavy atom. The Kier molecular flexibility index (Phi) is 5.01. The number of hydrogen-bond donors (Lipinski definition) is 2. The highest BCUT2D eigenvalue weighted by Crippen LogP contribution is 2.45. The minimum Gasteiger partial charge on any atom is -0.508 e. The average Bonchev–Trinajstić information content (AvgIpc) is 3.11. The van der Waals surface area contributed by atoms with Crippen LogP contribution in [0.5, 0.6) is 5.75 Å². The topological polar surface area (TPSA) is 43.7 Å². The summed E-state index contributed by atoms with van der Waals surface area (Å²) in [4.78, 5) is 2.58. The molecule has 1 aliphatic carbocycles. The van der Waals surface area contributed by atoms with Gasteiger partial charge in [0.1, 0.15) is 5.75 Å². The molecular weight excluding hydrogens is 322 g/mol. The van der Waals surface area contributed by atoms with Crippen LogP contribution < -0.4 is 0 Å². The molecule has 3 nitrogen and oxygen atoms in total. The van der Waals surface area contributed by atoms with Crippen LogP contribution in [-0.2, 0) is 12.8 Å². The zero-order valence-corrected chi connectivity index (χ0v) is 15.3. The number of aryl methyl sites for hydroxylation is 1. The first-order chi connectivity index (χ1) is 12.6. The van der Waals surface area contributed by atoms with Gasteiger partial charge in [-0.15, -0.1) is 0 Å². The minimum atomic E-state index is -0.505. The lowest BCUT2D eigenvalue weighted by Gasteiger charge is -2.26. The molecule has 0 aromatic heterocycles. The van der Waals surface area contributed by atoms with Gasteiger partial charge in [0.05, 0.1) is 5.60 Å². The van der Waals surface area contributed by atoms with Crippen LogP contribution in [0.25, 0.3) is 0 Å². The van der Waals surface area contributed by atoms with E-state index in [9.17, 15) is 10.2 Å². The van der Waals surface area contributed by atoms with Crippen molar-refractivity contribution in [3.05, 3.63) is 65.7 Å². The van der Waals surface area contributed by atoms with Gasteiger partial charge in [0, 0.05) is 19.5 Å². The van der Waals surface area contributed by atoms with Gasteiger partial charge in [0.2, 0.25) is 0 Å². The standard InChI is InChI=1S/C23H29NO2/c25-22-10-8-18(9-11-22)7-4-12-24-16-20-14-23(26,15-21(20)17-24)13-19-5-2-1-3-6-19/h1-3,5-6,8-11,20-21,25-26H,4,7,12-17H2. The molecule has 138 valence electrons. The van der Waals surface area contributed by atoms with Crippen molar-refractivity contribution >= 4 is 0 Å². The van der Waals surface area contributed by atoms with Crippen LogP contribution in [0.3, 0.4) is 0 Å². The largest absolute Gasteiger partial charge is 0.508 e. The third kappa shape index (κ3) is 4.11. The molecule has 2 aromatic rings. The molecule has 26 heavy (non-hydrogen) atoms. The van der Waals surface area contributed by atoms with Gasteiger partial charge in [-0.2, -0.15) is 0 Å². The number of nitrogens with zero attached hydrogens (tertiary/aromatic N) is 1. The van der Waals surface area contributed by atoms with E-state index in [2.05, 4.69) is 29.2 Å². The number of hydrogen-bond acceptors (Lipinski definition) is 3. The van der Waals surface area contributed by atoms with Crippen molar-refractivity contribution in [2.45, 2.75) is 37.7 Å². The van der Waals surface area contributed by atoms with Crippen molar-refractivity contribution < 1.29 is 10.2 Å². The molecule has 2 atom stereocenters. The van der Waals surface area contributed by atoms with Gasteiger partial charge in [0.15, 0.2) is 0 Å². The number of fused-ring (bicyclic) bond motifs is 1. The molecule has 0 bridgehead atoms. The molecular formula is C23H29NO2. The molecule has 0 radical (unpaired) electrons. The molecule has 2 aromatic carbocycles. The SMILES string of the molecule is Oc1ccc(CCCN2CC3CC(O)(Cc4ccccc4)CC3C2)cc1. The maximum atomic E-state index is 11.0. The number of aromatic hydroxyl groups is 1. The molecule has 0 amide bonds. The van der Waals surface area contributed by atoms with Crippen LogP contribution in [0.15, 0.2) is 54.6 Å². The molecule has 1 aliphatic heterocycles. The number of rotatable bonds is 6. The Morgan fingerprint density at radius 3 is 2.19 bits per heavy atom.